The zero-order valence-corrected chi connectivity index (χ0v) is 8.58. The van der Waals surface area contributed by atoms with Gasteiger partial charge in [-0.1, -0.05) is 0 Å². The van der Waals surface area contributed by atoms with E-state index in [0.29, 0.717) is 12.1 Å². The Hall–Kier alpha value is -0.610. The van der Waals surface area contributed by atoms with Gasteiger partial charge in [-0.2, -0.15) is 0 Å². The molecule has 1 aliphatic heterocycles. The molecule has 0 spiro atoms. The van der Waals surface area contributed by atoms with Gasteiger partial charge in [0.15, 0.2) is 0 Å². The molecule has 0 radical (unpaired) electrons. The molecule has 1 saturated carbocycles. The number of nitrogens with one attached hydrogen (secondary N) is 2. The highest BCUT2D eigenvalue weighted by Gasteiger charge is 2.33. The van der Waals surface area contributed by atoms with E-state index >= 15 is 0 Å². The van der Waals surface area contributed by atoms with Crippen molar-refractivity contribution in [3.05, 3.63) is 0 Å². The van der Waals surface area contributed by atoms with Crippen LogP contribution < -0.4 is 10.6 Å². The molecule has 14 heavy (non-hydrogen) atoms. The Morgan fingerprint density at radius 1 is 1.50 bits per heavy atom. The van der Waals surface area contributed by atoms with Crippen molar-refractivity contribution >= 4 is 5.91 Å². The van der Waals surface area contributed by atoms with Gasteiger partial charge in [0, 0.05) is 19.7 Å². The van der Waals surface area contributed by atoms with Crippen molar-refractivity contribution in [3.8, 4) is 0 Å². The molecule has 0 aromatic heterocycles. The van der Waals surface area contributed by atoms with Crippen molar-refractivity contribution in [1.82, 2.24) is 10.6 Å². The lowest BCUT2D eigenvalue weighted by atomic mass is 9.88. The number of hydrogen-bond donors (Lipinski definition) is 2. The van der Waals surface area contributed by atoms with E-state index in [9.17, 15) is 4.79 Å². The van der Waals surface area contributed by atoms with E-state index in [-0.39, 0.29) is 11.9 Å². The van der Waals surface area contributed by atoms with Crippen LogP contribution in [0.4, 0.5) is 0 Å². The smallest absolute Gasteiger partial charge is 0.237 e. The minimum absolute atomic E-state index is 0.0338. The van der Waals surface area contributed by atoms with Crippen LogP contribution >= 0.6 is 0 Å². The number of hydrogen-bond acceptors (Lipinski definition) is 3. The van der Waals surface area contributed by atoms with E-state index in [1.165, 1.54) is 0 Å². The molecule has 1 atom stereocenters. The first-order chi connectivity index (χ1) is 6.79. The molecule has 2 aliphatic rings. The second kappa shape index (κ2) is 4.28. The van der Waals surface area contributed by atoms with Crippen LogP contribution in [0.2, 0.25) is 0 Å². The highest BCUT2D eigenvalue weighted by Crippen LogP contribution is 2.23. The maximum Gasteiger partial charge on any atom is 0.237 e. The Balaban J connectivity index is 1.72. The average Bonchev–Trinajstić information content (AvgIpc) is 2.13. The summed E-state index contributed by atoms with van der Waals surface area (Å²) in [4.78, 5) is 11.4. The van der Waals surface area contributed by atoms with Gasteiger partial charge in [0.05, 0.1) is 12.1 Å². The van der Waals surface area contributed by atoms with Crippen LogP contribution in [0, 0.1) is 0 Å². The minimum atomic E-state index is 0.0338. The van der Waals surface area contributed by atoms with Crippen LogP contribution in [-0.4, -0.2) is 37.7 Å². The lowest BCUT2D eigenvalue weighted by molar-refractivity contribution is -0.125. The molecule has 1 heterocycles. The first-order valence-corrected chi connectivity index (χ1v) is 5.36. The second-order valence-electron chi connectivity index (χ2n) is 4.18. The Labute approximate surface area is 84.4 Å². The molecule has 2 N–H and O–H groups in total. The molecule has 1 saturated heterocycles. The molecule has 4 nitrogen and oxygen atoms in total. The summed E-state index contributed by atoms with van der Waals surface area (Å²) >= 11 is 0. The first-order valence-electron chi connectivity index (χ1n) is 5.36. The summed E-state index contributed by atoms with van der Waals surface area (Å²) in [5, 5.41) is 6.26. The fraction of sp³-hybridized carbons (Fsp3) is 0.900. The lowest BCUT2D eigenvalue weighted by Crippen LogP contribution is -2.55. The zero-order chi connectivity index (χ0) is 9.97. The van der Waals surface area contributed by atoms with Crippen molar-refractivity contribution in [3.63, 3.8) is 0 Å². The van der Waals surface area contributed by atoms with Gasteiger partial charge in [0.25, 0.3) is 0 Å². The summed E-state index contributed by atoms with van der Waals surface area (Å²) < 4.78 is 5.19. The number of amides is 1. The van der Waals surface area contributed by atoms with Gasteiger partial charge < -0.3 is 15.4 Å². The molecule has 2 rings (SSSR count). The maximum absolute atomic E-state index is 11.4. The number of piperidine rings is 1. The van der Waals surface area contributed by atoms with E-state index in [1.807, 2.05) is 0 Å². The third-order valence-corrected chi connectivity index (χ3v) is 3.15. The molecule has 1 aliphatic carbocycles. The first kappa shape index (κ1) is 9.93. The van der Waals surface area contributed by atoms with Gasteiger partial charge in [-0.05, 0) is 25.7 Å². The van der Waals surface area contributed by atoms with Crippen molar-refractivity contribution in [2.75, 3.05) is 13.7 Å². The normalized spacial score (nSPS) is 37.5. The van der Waals surface area contributed by atoms with Crippen molar-refractivity contribution < 1.29 is 9.53 Å². The number of rotatable bonds is 3. The third-order valence-electron chi connectivity index (χ3n) is 3.15. The second-order valence-corrected chi connectivity index (χ2v) is 4.18. The van der Waals surface area contributed by atoms with Gasteiger partial charge in [-0.25, -0.2) is 0 Å². The van der Waals surface area contributed by atoms with Gasteiger partial charge in [0.2, 0.25) is 5.91 Å². The molecule has 1 unspecified atom stereocenters. The number of carbonyl (C=O) groups is 1. The quantitative estimate of drug-likeness (QED) is 0.673. The number of ether oxygens (including phenoxy) is 1. The standard InChI is InChI=1S/C10H18N2O2/c1-14-8-5-7(6-8)12-9-3-2-4-11-10(9)13/h7-9,12H,2-6H2,1H3,(H,11,13). The Morgan fingerprint density at radius 2 is 2.29 bits per heavy atom. The fourth-order valence-corrected chi connectivity index (χ4v) is 2.11. The van der Waals surface area contributed by atoms with E-state index in [2.05, 4.69) is 10.6 Å². The molecule has 2 fully saturated rings. The van der Waals surface area contributed by atoms with E-state index < -0.39 is 0 Å². The highest BCUT2D eigenvalue weighted by atomic mass is 16.5. The summed E-state index contributed by atoms with van der Waals surface area (Å²) in [6.07, 6.45) is 4.55. The van der Waals surface area contributed by atoms with Crippen molar-refractivity contribution in [1.29, 1.82) is 0 Å². The van der Waals surface area contributed by atoms with Crippen LogP contribution in [0.3, 0.4) is 0 Å². The van der Waals surface area contributed by atoms with Gasteiger partial charge >= 0.3 is 0 Å². The van der Waals surface area contributed by atoms with Crippen LogP contribution in [0.15, 0.2) is 0 Å². The van der Waals surface area contributed by atoms with Crippen LogP contribution in [0.5, 0.6) is 0 Å². The molecular formula is C10H18N2O2. The monoisotopic (exact) mass is 198 g/mol. The molecule has 1 amide bonds. The third kappa shape index (κ3) is 2.07. The molecule has 80 valence electrons. The molecule has 0 aromatic rings. The Bertz CT molecular complexity index is 214. The number of methoxy groups -OCH3 is 1. The average molecular weight is 198 g/mol. The zero-order valence-electron chi connectivity index (χ0n) is 8.58. The van der Waals surface area contributed by atoms with E-state index in [4.69, 9.17) is 4.74 Å². The Morgan fingerprint density at radius 3 is 2.93 bits per heavy atom. The molecular weight excluding hydrogens is 180 g/mol. The summed E-state index contributed by atoms with van der Waals surface area (Å²) in [7, 11) is 1.74. The largest absolute Gasteiger partial charge is 0.381 e. The minimum Gasteiger partial charge on any atom is -0.381 e. The predicted octanol–water partition coefficient (Wildman–Crippen LogP) is 0.0320. The summed E-state index contributed by atoms with van der Waals surface area (Å²) in [5.74, 6) is 0.164. The fourth-order valence-electron chi connectivity index (χ4n) is 2.11. The van der Waals surface area contributed by atoms with Crippen molar-refractivity contribution in [2.45, 2.75) is 43.9 Å². The SMILES string of the molecule is COC1CC(NC2CCCNC2=O)C1. The topological polar surface area (TPSA) is 50.4 Å². The highest BCUT2D eigenvalue weighted by molar-refractivity contribution is 5.82. The molecule has 0 bridgehead atoms. The molecule has 4 heteroatoms. The van der Waals surface area contributed by atoms with Gasteiger partial charge in [0.1, 0.15) is 0 Å². The summed E-state index contributed by atoms with van der Waals surface area (Å²) in [6.45, 7) is 0.836. The van der Waals surface area contributed by atoms with Gasteiger partial charge in [-0.3, -0.25) is 4.79 Å². The van der Waals surface area contributed by atoms with Crippen LogP contribution in [0.1, 0.15) is 25.7 Å². The maximum atomic E-state index is 11.4. The van der Waals surface area contributed by atoms with E-state index in [1.54, 1.807) is 7.11 Å². The molecule has 0 aromatic carbocycles. The van der Waals surface area contributed by atoms with Crippen LogP contribution in [-0.2, 0) is 9.53 Å². The summed E-state index contributed by atoms with van der Waals surface area (Å²) in [6, 6.07) is 0.514. The summed E-state index contributed by atoms with van der Waals surface area (Å²) in [5.41, 5.74) is 0. The van der Waals surface area contributed by atoms with Crippen LogP contribution in [0.25, 0.3) is 0 Å². The van der Waals surface area contributed by atoms with E-state index in [0.717, 1.165) is 32.2 Å². The Kier molecular flexibility index (Phi) is 3.03. The number of carbonyl (C=O) groups excluding carboxylic acids is 1. The lowest BCUT2D eigenvalue weighted by Gasteiger charge is -2.37. The van der Waals surface area contributed by atoms with Crippen molar-refractivity contribution in [2.24, 2.45) is 0 Å². The van der Waals surface area contributed by atoms with Gasteiger partial charge in [-0.15, -0.1) is 0 Å². The predicted molar refractivity (Wildman–Crippen MR) is 53.0 cm³/mol.